The molecule has 108 valence electrons. The van der Waals surface area contributed by atoms with Crippen LogP contribution in [0.1, 0.15) is 28.4 Å². The number of nitrogens with zero attached hydrogens (tertiary/aromatic N) is 1. The fraction of sp³-hybridized carbons (Fsp3) is 0.176. The molecule has 2 rings (SSSR count). The Labute approximate surface area is 124 Å². The number of benzene rings is 2. The zero-order valence-electron chi connectivity index (χ0n) is 12.4. The summed E-state index contributed by atoms with van der Waals surface area (Å²) in [5.41, 5.74) is 5.88. The van der Waals surface area contributed by atoms with Gasteiger partial charge in [-0.15, -0.1) is 0 Å². The minimum atomic E-state index is -0.216. The third kappa shape index (κ3) is 3.92. The number of hydrogen-bond acceptors (Lipinski definition) is 3. The van der Waals surface area contributed by atoms with Crippen molar-refractivity contribution in [2.45, 2.75) is 13.8 Å². The molecule has 0 fully saturated rings. The maximum Gasteiger partial charge on any atom is 0.271 e. The number of rotatable bonds is 4. The Morgan fingerprint density at radius 1 is 1.10 bits per heavy atom. The van der Waals surface area contributed by atoms with Gasteiger partial charge in [0.25, 0.3) is 5.91 Å². The Kier molecular flexibility index (Phi) is 4.72. The van der Waals surface area contributed by atoms with Crippen LogP contribution in [0.15, 0.2) is 53.6 Å². The SMILES string of the molecule is COc1ccc(C(C)=NNC(=O)c2cccc(C)c2)cc1. The number of aryl methyl sites for hydroxylation is 1. The lowest BCUT2D eigenvalue weighted by Gasteiger charge is -2.05. The molecule has 0 aliphatic rings. The van der Waals surface area contributed by atoms with E-state index in [-0.39, 0.29) is 5.91 Å². The third-order valence-corrected chi connectivity index (χ3v) is 3.11. The van der Waals surface area contributed by atoms with Crippen LogP contribution in [0.2, 0.25) is 0 Å². The van der Waals surface area contributed by atoms with Crippen LogP contribution in [-0.2, 0) is 0 Å². The molecule has 0 radical (unpaired) electrons. The maximum atomic E-state index is 12.0. The van der Waals surface area contributed by atoms with E-state index in [1.807, 2.05) is 56.3 Å². The summed E-state index contributed by atoms with van der Waals surface area (Å²) in [4.78, 5) is 12.0. The Morgan fingerprint density at radius 3 is 2.43 bits per heavy atom. The molecule has 0 saturated carbocycles. The minimum Gasteiger partial charge on any atom is -0.497 e. The fourth-order valence-corrected chi connectivity index (χ4v) is 1.88. The summed E-state index contributed by atoms with van der Waals surface area (Å²) in [5, 5.41) is 4.13. The summed E-state index contributed by atoms with van der Waals surface area (Å²) < 4.78 is 5.11. The topological polar surface area (TPSA) is 50.7 Å². The highest BCUT2D eigenvalue weighted by atomic mass is 16.5. The van der Waals surface area contributed by atoms with Crippen LogP contribution in [-0.4, -0.2) is 18.7 Å². The highest BCUT2D eigenvalue weighted by Gasteiger charge is 2.05. The summed E-state index contributed by atoms with van der Waals surface area (Å²) in [6.07, 6.45) is 0. The zero-order valence-corrected chi connectivity index (χ0v) is 12.4. The molecular formula is C17H18N2O2. The van der Waals surface area contributed by atoms with E-state index >= 15 is 0 Å². The average Bonchev–Trinajstić information content (AvgIpc) is 2.52. The number of amides is 1. The van der Waals surface area contributed by atoms with Crippen molar-refractivity contribution < 1.29 is 9.53 Å². The van der Waals surface area contributed by atoms with Gasteiger partial charge in [-0.3, -0.25) is 4.79 Å². The molecule has 4 heteroatoms. The molecular weight excluding hydrogens is 264 g/mol. The van der Waals surface area contributed by atoms with E-state index in [0.29, 0.717) is 5.56 Å². The highest BCUT2D eigenvalue weighted by molar-refractivity contribution is 6.00. The first kappa shape index (κ1) is 14.8. The molecule has 0 aliphatic heterocycles. The maximum absolute atomic E-state index is 12.0. The molecule has 0 aromatic heterocycles. The van der Waals surface area contributed by atoms with Crippen LogP contribution in [0.3, 0.4) is 0 Å². The van der Waals surface area contributed by atoms with Gasteiger partial charge in [-0.25, -0.2) is 5.43 Å². The first-order valence-electron chi connectivity index (χ1n) is 6.66. The van der Waals surface area contributed by atoms with Crippen molar-refractivity contribution in [3.63, 3.8) is 0 Å². The molecule has 1 amide bonds. The second-order valence-electron chi connectivity index (χ2n) is 4.74. The number of nitrogens with one attached hydrogen (secondary N) is 1. The third-order valence-electron chi connectivity index (χ3n) is 3.11. The monoisotopic (exact) mass is 282 g/mol. The Balaban J connectivity index is 2.07. The van der Waals surface area contributed by atoms with Crippen molar-refractivity contribution in [1.82, 2.24) is 5.43 Å². The summed E-state index contributed by atoms with van der Waals surface area (Å²) in [5.74, 6) is 0.571. The van der Waals surface area contributed by atoms with Gasteiger partial charge in [-0.05, 0) is 55.8 Å². The van der Waals surface area contributed by atoms with Crippen LogP contribution in [0.5, 0.6) is 5.75 Å². The van der Waals surface area contributed by atoms with E-state index in [2.05, 4.69) is 10.5 Å². The Bertz CT molecular complexity index is 661. The summed E-state index contributed by atoms with van der Waals surface area (Å²) in [6, 6.07) is 14.9. The molecule has 2 aromatic carbocycles. The molecule has 4 nitrogen and oxygen atoms in total. The van der Waals surface area contributed by atoms with Gasteiger partial charge in [0.1, 0.15) is 5.75 Å². The molecule has 0 saturated heterocycles. The molecule has 2 aromatic rings. The van der Waals surface area contributed by atoms with Gasteiger partial charge < -0.3 is 4.74 Å². The summed E-state index contributed by atoms with van der Waals surface area (Å²) in [7, 11) is 1.62. The zero-order chi connectivity index (χ0) is 15.2. The van der Waals surface area contributed by atoms with Crippen LogP contribution < -0.4 is 10.2 Å². The van der Waals surface area contributed by atoms with Crippen LogP contribution in [0.4, 0.5) is 0 Å². The minimum absolute atomic E-state index is 0.216. The van der Waals surface area contributed by atoms with Crippen molar-refractivity contribution in [3.8, 4) is 5.75 Å². The normalized spacial score (nSPS) is 11.1. The van der Waals surface area contributed by atoms with Gasteiger partial charge in [0, 0.05) is 5.56 Å². The van der Waals surface area contributed by atoms with Crippen LogP contribution >= 0.6 is 0 Å². The Hall–Kier alpha value is -2.62. The van der Waals surface area contributed by atoms with E-state index in [0.717, 1.165) is 22.6 Å². The number of hydrogen-bond donors (Lipinski definition) is 1. The van der Waals surface area contributed by atoms with Crippen molar-refractivity contribution >= 4 is 11.6 Å². The predicted molar refractivity (Wildman–Crippen MR) is 83.9 cm³/mol. The molecule has 0 unspecified atom stereocenters. The molecule has 21 heavy (non-hydrogen) atoms. The Morgan fingerprint density at radius 2 is 1.81 bits per heavy atom. The van der Waals surface area contributed by atoms with Gasteiger partial charge >= 0.3 is 0 Å². The number of carbonyl (C=O) groups excluding carboxylic acids is 1. The summed E-state index contributed by atoms with van der Waals surface area (Å²) in [6.45, 7) is 3.79. The largest absolute Gasteiger partial charge is 0.497 e. The second kappa shape index (κ2) is 6.70. The molecule has 0 spiro atoms. The lowest BCUT2D eigenvalue weighted by atomic mass is 10.1. The molecule has 0 heterocycles. The smallest absolute Gasteiger partial charge is 0.271 e. The van der Waals surface area contributed by atoms with E-state index in [1.54, 1.807) is 13.2 Å². The van der Waals surface area contributed by atoms with Gasteiger partial charge in [0.05, 0.1) is 12.8 Å². The van der Waals surface area contributed by atoms with Crippen LogP contribution in [0, 0.1) is 6.92 Å². The fourth-order valence-electron chi connectivity index (χ4n) is 1.88. The number of ether oxygens (including phenoxy) is 1. The standard InChI is InChI=1S/C17H18N2O2/c1-12-5-4-6-15(11-12)17(20)19-18-13(2)14-7-9-16(21-3)10-8-14/h4-11H,1-3H3,(H,19,20). The first-order valence-corrected chi connectivity index (χ1v) is 6.66. The molecule has 0 atom stereocenters. The van der Waals surface area contributed by atoms with Crippen molar-refractivity contribution in [2.24, 2.45) is 5.10 Å². The highest BCUT2D eigenvalue weighted by Crippen LogP contribution is 2.12. The lowest BCUT2D eigenvalue weighted by molar-refractivity contribution is 0.0954. The predicted octanol–water partition coefficient (Wildman–Crippen LogP) is 3.16. The number of hydrazone groups is 1. The van der Waals surface area contributed by atoms with E-state index in [4.69, 9.17) is 4.74 Å². The van der Waals surface area contributed by atoms with Gasteiger partial charge in [-0.1, -0.05) is 17.7 Å². The number of carbonyl (C=O) groups is 1. The molecule has 1 N–H and O–H groups in total. The van der Waals surface area contributed by atoms with E-state index in [1.165, 1.54) is 0 Å². The lowest BCUT2D eigenvalue weighted by Crippen LogP contribution is -2.19. The molecule has 0 aliphatic carbocycles. The van der Waals surface area contributed by atoms with Crippen molar-refractivity contribution in [1.29, 1.82) is 0 Å². The van der Waals surface area contributed by atoms with Crippen molar-refractivity contribution in [3.05, 3.63) is 65.2 Å². The average molecular weight is 282 g/mol. The molecule has 0 bridgehead atoms. The van der Waals surface area contributed by atoms with Gasteiger partial charge in [0.2, 0.25) is 0 Å². The first-order chi connectivity index (χ1) is 10.1. The quantitative estimate of drug-likeness (QED) is 0.691. The van der Waals surface area contributed by atoms with Gasteiger partial charge in [0.15, 0.2) is 0 Å². The number of methoxy groups -OCH3 is 1. The van der Waals surface area contributed by atoms with Crippen molar-refractivity contribution in [2.75, 3.05) is 7.11 Å². The van der Waals surface area contributed by atoms with E-state index in [9.17, 15) is 4.79 Å². The van der Waals surface area contributed by atoms with E-state index < -0.39 is 0 Å². The summed E-state index contributed by atoms with van der Waals surface area (Å²) >= 11 is 0. The van der Waals surface area contributed by atoms with Gasteiger partial charge in [-0.2, -0.15) is 5.10 Å². The van der Waals surface area contributed by atoms with Crippen LogP contribution in [0.25, 0.3) is 0 Å². The second-order valence-corrected chi connectivity index (χ2v) is 4.74.